The first-order valence-electron chi connectivity index (χ1n) is 13.7. The lowest BCUT2D eigenvalue weighted by atomic mass is 9.94. The maximum atomic E-state index is 13.6. The number of nitrogens with zero attached hydrogens (tertiary/aromatic N) is 1. The van der Waals surface area contributed by atoms with Crippen LogP contribution in [0, 0.1) is 5.92 Å². The van der Waals surface area contributed by atoms with Crippen molar-refractivity contribution in [3.63, 3.8) is 0 Å². The highest BCUT2D eigenvalue weighted by atomic mass is 32.2. The molecule has 1 atom stereocenters. The summed E-state index contributed by atoms with van der Waals surface area (Å²) in [6, 6.07) is 9.48. The van der Waals surface area contributed by atoms with E-state index in [4.69, 9.17) is 14.2 Å². The second-order valence-electron chi connectivity index (χ2n) is 10.5. The molecule has 0 aromatic heterocycles. The van der Waals surface area contributed by atoms with Gasteiger partial charge in [-0.25, -0.2) is 8.42 Å². The molecular weight excluding hydrogens is 518 g/mol. The number of ether oxygens (including phenoxy) is 3. The molecule has 0 unspecified atom stereocenters. The van der Waals surface area contributed by atoms with Crippen LogP contribution < -0.4 is 24.8 Å². The Morgan fingerprint density at radius 2 is 1.49 bits per heavy atom. The molecule has 1 saturated carbocycles. The summed E-state index contributed by atoms with van der Waals surface area (Å²) in [5.41, 5.74) is 1.26. The summed E-state index contributed by atoms with van der Waals surface area (Å²) in [5.74, 6) is 1.70. The average Bonchev–Trinajstić information content (AvgIpc) is 2.96. The number of hydrogen-bond acceptors (Lipinski definition) is 7. The number of rotatable bonds is 10. The summed E-state index contributed by atoms with van der Waals surface area (Å²) in [6.45, 7) is 3.22. The van der Waals surface area contributed by atoms with Gasteiger partial charge in [0.25, 0.3) is 0 Å². The van der Waals surface area contributed by atoms with Gasteiger partial charge in [-0.15, -0.1) is 0 Å². The van der Waals surface area contributed by atoms with Gasteiger partial charge in [-0.1, -0.05) is 26.2 Å². The molecule has 1 aliphatic heterocycles. The Hall–Kier alpha value is -2.98. The monoisotopic (exact) mass is 559 g/mol. The minimum Gasteiger partial charge on any atom is -0.493 e. The van der Waals surface area contributed by atoms with E-state index in [2.05, 4.69) is 17.6 Å². The third-order valence-electron chi connectivity index (χ3n) is 7.78. The molecule has 214 valence electrons. The van der Waals surface area contributed by atoms with Crippen LogP contribution in [0.4, 0.5) is 5.69 Å². The van der Waals surface area contributed by atoms with Gasteiger partial charge in [-0.2, -0.15) is 4.31 Å². The van der Waals surface area contributed by atoms with E-state index in [-0.39, 0.29) is 16.8 Å². The van der Waals surface area contributed by atoms with E-state index in [1.165, 1.54) is 27.8 Å². The van der Waals surface area contributed by atoms with E-state index in [1.807, 2.05) is 0 Å². The highest BCUT2D eigenvalue weighted by Crippen LogP contribution is 2.40. The lowest BCUT2D eigenvalue weighted by molar-refractivity contribution is -0.122. The zero-order valence-electron chi connectivity index (χ0n) is 23.4. The van der Waals surface area contributed by atoms with Gasteiger partial charge >= 0.3 is 0 Å². The number of carbonyl (C=O) groups excluding carboxylic acids is 1. The summed E-state index contributed by atoms with van der Waals surface area (Å²) in [7, 11) is 1.04. The number of methoxy groups -OCH3 is 3. The molecule has 0 spiro atoms. The first-order chi connectivity index (χ1) is 18.8. The van der Waals surface area contributed by atoms with Crippen LogP contribution in [0.5, 0.6) is 17.2 Å². The summed E-state index contributed by atoms with van der Waals surface area (Å²) >= 11 is 0. The van der Waals surface area contributed by atoms with Gasteiger partial charge in [-0.3, -0.25) is 4.79 Å². The van der Waals surface area contributed by atoms with Crippen molar-refractivity contribution in [2.24, 2.45) is 5.92 Å². The van der Waals surface area contributed by atoms with Crippen LogP contribution >= 0.6 is 0 Å². The number of piperidine rings is 1. The van der Waals surface area contributed by atoms with E-state index < -0.39 is 16.1 Å². The highest BCUT2D eigenvalue weighted by molar-refractivity contribution is 7.89. The predicted molar refractivity (Wildman–Crippen MR) is 151 cm³/mol. The van der Waals surface area contributed by atoms with Crippen LogP contribution in [0.1, 0.15) is 63.5 Å². The van der Waals surface area contributed by atoms with Gasteiger partial charge in [0.05, 0.1) is 26.2 Å². The number of benzene rings is 2. The van der Waals surface area contributed by atoms with Crippen molar-refractivity contribution >= 4 is 21.6 Å². The van der Waals surface area contributed by atoms with Crippen LogP contribution in [-0.2, 0) is 14.8 Å². The second kappa shape index (κ2) is 12.9. The molecular formula is C29H41N3O6S. The van der Waals surface area contributed by atoms with Crippen LogP contribution in [-0.4, -0.2) is 59.1 Å². The van der Waals surface area contributed by atoms with Crippen LogP contribution in [0.25, 0.3) is 0 Å². The van der Waals surface area contributed by atoms with Crippen molar-refractivity contribution in [1.29, 1.82) is 0 Å². The Bertz CT molecular complexity index is 1200. The molecule has 1 saturated heterocycles. The molecule has 1 aliphatic carbocycles. The van der Waals surface area contributed by atoms with E-state index in [9.17, 15) is 13.2 Å². The van der Waals surface area contributed by atoms with Crippen LogP contribution in [0.15, 0.2) is 41.3 Å². The Morgan fingerprint density at radius 3 is 2.03 bits per heavy atom. The number of sulfonamides is 1. The largest absolute Gasteiger partial charge is 0.493 e. The Kier molecular flexibility index (Phi) is 9.61. The highest BCUT2D eigenvalue weighted by Gasteiger charge is 2.29. The molecule has 4 rings (SSSR count). The third-order valence-corrected chi connectivity index (χ3v) is 9.69. The van der Waals surface area contributed by atoms with Crippen molar-refractivity contribution in [2.75, 3.05) is 39.7 Å². The fourth-order valence-electron chi connectivity index (χ4n) is 5.36. The standard InChI is InChI=1S/C29H41N3O6S/c1-20-14-16-32(17-15-20)39(34,35)24-12-10-23(11-13-24)30-27(29(33)31-22-8-6-5-7-9-22)21-18-25(36-2)28(38-4)26(19-21)37-3/h10-13,18-20,22,27,30H,5-9,14-17H2,1-4H3,(H,31,33)/t27-/m0/s1. The van der Waals surface area contributed by atoms with Crippen molar-refractivity contribution in [3.05, 3.63) is 42.0 Å². The first kappa shape index (κ1) is 29.0. The Balaban J connectivity index is 1.61. The fourth-order valence-corrected chi connectivity index (χ4v) is 6.83. The summed E-state index contributed by atoms with van der Waals surface area (Å²) in [4.78, 5) is 13.9. The zero-order valence-corrected chi connectivity index (χ0v) is 24.2. The maximum absolute atomic E-state index is 13.6. The van der Waals surface area contributed by atoms with Gasteiger partial charge in [0, 0.05) is 24.8 Å². The normalized spacial score (nSPS) is 18.3. The molecule has 9 nitrogen and oxygen atoms in total. The van der Waals surface area contributed by atoms with Gasteiger partial charge in [0.15, 0.2) is 11.5 Å². The minimum atomic E-state index is -3.56. The van der Waals surface area contributed by atoms with Gasteiger partial charge in [0.1, 0.15) is 6.04 Å². The topological polar surface area (TPSA) is 106 Å². The van der Waals surface area contributed by atoms with Gasteiger partial charge < -0.3 is 24.8 Å². The van der Waals surface area contributed by atoms with E-state index in [1.54, 1.807) is 40.7 Å². The van der Waals surface area contributed by atoms with Crippen LogP contribution in [0.3, 0.4) is 0 Å². The van der Waals surface area contributed by atoms with E-state index in [0.717, 1.165) is 38.5 Å². The predicted octanol–water partition coefficient (Wildman–Crippen LogP) is 4.74. The Labute approximate surface area is 232 Å². The zero-order chi connectivity index (χ0) is 28.0. The molecule has 2 aromatic rings. The molecule has 0 bridgehead atoms. The SMILES string of the molecule is COc1cc([C@H](Nc2ccc(S(=O)(=O)N3CCC(C)CC3)cc2)C(=O)NC2CCCCC2)cc(OC)c1OC. The minimum absolute atomic E-state index is 0.123. The Morgan fingerprint density at radius 1 is 0.897 bits per heavy atom. The van der Waals surface area contributed by atoms with Crippen LogP contribution in [0.2, 0.25) is 0 Å². The molecule has 1 heterocycles. The number of amides is 1. The molecule has 2 N–H and O–H groups in total. The molecule has 10 heteroatoms. The third kappa shape index (κ3) is 6.78. The van der Waals surface area contributed by atoms with Crippen molar-refractivity contribution in [1.82, 2.24) is 9.62 Å². The lowest BCUT2D eigenvalue weighted by Gasteiger charge is -2.29. The number of nitrogens with one attached hydrogen (secondary N) is 2. The van der Waals surface area contributed by atoms with Gasteiger partial charge in [-0.05, 0) is 73.6 Å². The molecule has 0 radical (unpaired) electrons. The quantitative estimate of drug-likeness (QED) is 0.433. The number of carbonyl (C=O) groups is 1. The molecule has 2 aliphatic rings. The fraction of sp³-hybridized carbons (Fsp3) is 0.552. The second-order valence-corrected chi connectivity index (χ2v) is 12.4. The molecule has 2 aromatic carbocycles. The number of hydrogen-bond donors (Lipinski definition) is 2. The van der Waals surface area contributed by atoms with Gasteiger partial charge in [0.2, 0.25) is 21.7 Å². The lowest BCUT2D eigenvalue weighted by Crippen LogP contribution is -2.41. The van der Waals surface area contributed by atoms with Crippen molar-refractivity contribution in [3.8, 4) is 17.2 Å². The van der Waals surface area contributed by atoms with E-state index in [0.29, 0.717) is 47.5 Å². The molecule has 39 heavy (non-hydrogen) atoms. The smallest absolute Gasteiger partial charge is 0.247 e. The number of anilines is 1. The maximum Gasteiger partial charge on any atom is 0.247 e. The summed E-state index contributed by atoms with van der Waals surface area (Å²) in [6.07, 6.45) is 7.02. The van der Waals surface area contributed by atoms with Crippen molar-refractivity contribution in [2.45, 2.75) is 68.8 Å². The van der Waals surface area contributed by atoms with Crippen molar-refractivity contribution < 1.29 is 27.4 Å². The first-order valence-corrected chi connectivity index (χ1v) is 15.2. The summed E-state index contributed by atoms with van der Waals surface area (Å²) < 4.78 is 44.4. The molecule has 2 fully saturated rings. The molecule has 1 amide bonds. The summed E-state index contributed by atoms with van der Waals surface area (Å²) in [5, 5.41) is 6.52. The average molecular weight is 560 g/mol. The van der Waals surface area contributed by atoms with E-state index >= 15 is 0 Å².